The van der Waals surface area contributed by atoms with Gasteiger partial charge in [-0.1, -0.05) is 58.8 Å². The van der Waals surface area contributed by atoms with Crippen molar-refractivity contribution in [1.82, 2.24) is 0 Å². The molecule has 0 radical (unpaired) electrons. The second-order valence-electron chi connectivity index (χ2n) is 5.75. The molecule has 1 aromatic carbocycles. The standard InChI is InChI=1S/C11H15.C8H11.Zr/c1-8-7-9(2)11-6-4-3-5-10(8)11;1-2-5-8-6-3-4-7-8;/h8H,3-6H2,1-2H3;3-4,6-7H,2,5H2,1H3;/q2*-1;+2. The van der Waals surface area contributed by atoms with E-state index in [1.54, 1.807) is 11.1 Å². The molecule has 0 fully saturated rings. The van der Waals surface area contributed by atoms with Crippen molar-refractivity contribution in [3.8, 4) is 0 Å². The first-order chi connectivity index (χ1) is 9.22. The van der Waals surface area contributed by atoms with E-state index in [1.165, 1.54) is 49.7 Å². The van der Waals surface area contributed by atoms with Gasteiger partial charge in [-0.2, -0.15) is 28.8 Å². The van der Waals surface area contributed by atoms with Crippen LogP contribution in [0, 0.1) is 12.0 Å². The van der Waals surface area contributed by atoms with Gasteiger partial charge in [0.05, 0.1) is 0 Å². The molecule has 106 valence electrons. The molecule has 1 atom stereocenters. The molecule has 2 aliphatic rings. The van der Waals surface area contributed by atoms with Crippen LogP contribution in [0.2, 0.25) is 0 Å². The third kappa shape index (κ3) is 4.62. The van der Waals surface area contributed by atoms with Crippen LogP contribution < -0.4 is 0 Å². The number of aryl methyl sites for hydroxylation is 1. The molecule has 0 N–H and O–H groups in total. The van der Waals surface area contributed by atoms with Crippen LogP contribution in [-0.2, 0) is 32.6 Å². The van der Waals surface area contributed by atoms with Crippen molar-refractivity contribution in [2.45, 2.75) is 59.3 Å². The topological polar surface area (TPSA) is 0 Å². The minimum Gasteiger partial charge on any atom is -0.266 e. The summed E-state index contributed by atoms with van der Waals surface area (Å²) in [5.74, 6) is 0.630. The third-order valence-electron chi connectivity index (χ3n) is 4.19. The van der Waals surface area contributed by atoms with Crippen molar-refractivity contribution >= 4 is 0 Å². The first kappa shape index (κ1) is 17.8. The fourth-order valence-electron chi connectivity index (χ4n) is 3.20. The van der Waals surface area contributed by atoms with Crippen molar-refractivity contribution in [2.24, 2.45) is 5.92 Å². The minimum absolute atomic E-state index is 0. The molecule has 1 aromatic rings. The van der Waals surface area contributed by atoms with Gasteiger partial charge in [-0.25, -0.2) is 17.7 Å². The van der Waals surface area contributed by atoms with Crippen molar-refractivity contribution in [3.63, 3.8) is 0 Å². The molecule has 0 aliphatic heterocycles. The molecule has 3 rings (SSSR count). The second kappa shape index (κ2) is 8.88. The van der Waals surface area contributed by atoms with E-state index in [0.717, 1.165) is 0 Å². The summed E-state index contributed by atoms with van der Waals surface area (Å²) in [4.78, 5) is 0. The summed E-state index contributed by atoms with van der Waals surface area (Å²) in [5.41, 5.74) is 6.23. The zero-order chi connectivity index (χ0) is 13.7. The fourth-order valence-corrected chi connectivity index (χ4v) is 3.20. The average Bonchev–Trinajstić information content (AvgIpc) is 3.01. The van der Waals surface area contributed by atoms with Crippen LogP contribution in [0.3, 0.4) is 0 Å². The first-order valence-electron chi connectivity index (χ1n) is 7.75. The van der Waals surface area contributed by atoms with E-state index in [2.05, 4.69) is 51.1 Å². The Morgan fingerprint density at radius 1 is 1.20 bits per heavy atom. The van der Waals surface area contributed by atoms with E-state index in [-0.39, 0.29) is 26.2 Å². The van der Waals surface area contributed by atoms with E-state index >= 15 is 0 Å². The number of hydrogen-bond donors (Lipinski definition) is 0. The first-order valence-corrected chi connectivity index (χ1v) is 7.75. The van der Waals surface area contributed by atoms with Gasteiger partial charge in [-0.15, -0.1) is 0 Å². The van der Waals surface area contributed by atoms with Gasteiger partial charge < -0.3 is 0 Å². The minimum atomic E-state index is 0. The molecule has 0 aromatic heterocycles. The third-order valence-corrected chi connectivity index (χ3v) is 4.19. The Balaban J connectivity index is 0.000000200. The summed E-state index contributed by atoms with van der Waals surface area (Å²) in [6.45, 7) is 6.69. The molecule has 2 aliphatic carbocycles. The normalized spacial score (nSPS) is 20.6. The largest absolute Gasteiger partial charge is 2.00 e. The number of rotatable bonds is 2. The summed E-state index contributed by atoms with van der Waals surface area (Å²) in [5, 5.41) is 0. The maximum Gasteiger partial charge on any atom is 2.00 e. The van der Waals surface area contributed by atoms with Crippen LogP contribution in [0.4, 0.5) is 0 Å². The molecular formula is C19H26Zr. The van der Waals surface area contributed by atoms with Gasteiger partial charge in [0, 0.05) is 0 Å². The molecule has 1 heteroatoms. The zero-order valence-electron chi connectivity index (χ0n) is 13.1. The van der Waals surface area contributed by atoms with Crippen LogP contribution in [0.15, 0.2) is 41.0 Å². The summed E-state index contributed by atoms with van der Waals surface area (Å²) in [7, 11) is 0. The molecule has 0 saturated carbocycles. The van der Waals surface area contributed by atoms with Gasteiger partial charge in [0.25, 0.3) is 0 Å². The van der Waals surface area contributed by atoms with Crippen molar-refractivity contribution in [3.05, 3.63) is 52.6 Å². The van der Waals surface area contributed by atoms with Crippen LogP contribution >= 0.6 is 0 Å². The molecule has 0 saturated heterocycles. The molecular weight excluding hydrogens is 319 g/mol. The predicted molar refractivity (Wildman–Crippen MR) is 83.1 cm³/mol. The van der Waals surface area contributed by atoms with Crippen LogP contribution in [0.5, 0.6) is 0 Å². The Hall–Kier alpha value is -0.287. The van der Waals surface area contributed by atoms with E-state index in [4.69, 9.17) is 0 Å². The second-order valence-corrected chi connectivity index (χ2v) is 5.75. The van der Waals surface area contributed by atoms with Crippen LogP contribution in [0.25, 0.3) is 0 Å². The summed E-state index contributed by atoms with van der Waals surface area (Å²) in [6.07, 6.45) is 11.4. The van der Waals surface area contributed by atoms with Gasteiger partial charge in [-0.05, 0) is 6.42 Å². The molecule has 1 unspecified atom stereocenters. The molecule has 0 heterocycles. The summed E-state index contributed by atoms with van der Waals surface area (Å²) >= 11 is 0. The molecule has 20 heavy (non-hydrogen) atoms. The Bertz CT molecular complexity index is 448. The maximum absolute atomic E-state index is 3.50. The van der Waals surface area contributed by atoms with Crippen LogP contribution in [-0.4, -0.2) is 0 Å². The maximum atomic E-state index is 3.50. The van der Waals surface area contributed by atoms with Crippen molar-refractivity contribution in [1.29, 1.82) is 0 Å². The van der Waals surface area contributed by atoms with E-state index in [1.807, 2.05) is 0 Å². The Morgan fingerprint density at radius 3 is 2.45 bits per heavy atom. The Kier molecular flexibility index (Phi) is 7.89. The van der Waals surface area contributed by atoms with Gasteiger partial charge in [-0.3, -0.25) is 6.08 Å². The van der Waals surface area contributed by atoms with E-state index in [9.17, 15) is 0 Å². The number of hydrogen-bond acceptors (Lipinski definition) is 0. The fraction of sp³-hybridized carbons (Fsp3) is 0.526. The van der Waals surface area contributed by atoms with Gasteiger partial charge in [0.1, 0.15) is 0 Å². The van der Waals surface area contributed by atoms with Gasteiger partial charge in [0.2, 0.25) is 0 Å². The van der Waals surface area contributed by atoms with E-state index < -0.39 is 0 Å². The monoisotopic (exact) mass is 344 g/mol. The molecule has 0 nitrogen and oxygen atoms in total. The number of allylic oxidation sites excluding steroid dienone is 4. The summed E-state index contributed by atoms with van der Waals surface area (Å²) < 4.78 is 0. The average molecular weight is 346 g/mol. The molecule has 0 spiro atoms. The smallest absolute Gasteiger partial charge is 0.266 e. The van der Waals surface area contributed by atoms with Crippen molar-refractivity contribution < 1.29 is 26.2 Å². The Morgan fingerprint density at radius 2 is 1.85 bits per heavy atom. The molecule has 0 amide bonds. The van der Waals surface area contributed by atoms with E-state index in [0.29, 0.717) is 5.92 Å². The van der Waals surface area contributed by atoms with Crippen molar-refractivity contribution in [2.75, 3.05) is 0 Å². The summed E-state index contributed by atoms with van der Waals surface area (Å²) in [6, 6.07) is 8.52. The predicted octanol–water partition coefficient (Wildman–Crippen LogP) is 5.61. The molecule has 0 bridgehead atoms. The quantitative estimate of drug-likeness (QED) is 0.611. The van der Waals surface area contributed by atoms with Gasteiger partial charge >= 0.3 is 26.2 Å². The Labute approximate surface area is 143 Å². The van der Waals surface area contributed by atoms with Gasteiger partial charge in [0.15, 0.2) is 0 Å². The SMILES string of the molecule is CC1=[C-]C(C)C2=C1CCCC2.CCC[c-]1cccc1.[Zr+2]. The van der Waals surface area contributed by atoms with Crippen LogP contribution in [0.1, 0.15) is 58.4 Å². The zero-order valence-corrected chi connectivity index (χ0v) is 15.6.